The molecular weight excluding hydrogens is 210 g/mol. The Morgan fingerprint density at radius 1 is 1.82 bits per heavy atom. The molecule has 0 saturated carbocycles. The minimum absolute atomic E-state index is 0.110. The molecule has 0 fully saturated rings. The zero-order valence-corrected chi connectivity index (χ0v) is 7.72. The van der Waals surface area contributed by atoms with Gasteiger partial charge in [-0.05, 0) is 6.92 Å². The van der Waals surface area contributed by atoms with Crippen LogP contribution in [0.25, 0.3) is 0 Å². The zero-order valence-electron chi connectivity index (χ0n) is 6.13. The van der Waals surface area contributed by atoms with E-state index in [1.165, 1.54) is 0 Å². The topological polar surface area (TPSA) is 43.1 Å². The van der Waals surface area contributed by atoms with E-state index >= 15 is 0 Å². The highest BCUT2D eigenvalue weighted by Gasteiger charge is 2.05. The highest BCUT2D eigenvalue weighted by Crippen LogP contribution is 2.03. The Bertz CT molecular complexity index is 257. The van der Waals surface area contributed by atoms with Crippen molar-refractivity contribution in [2.24, 2.45) is 0 Å². The summed E-state index contributed by atoms with van der Waals surface area (Å²) >= 11 is 3.07. The van der Waals surface area contributed by atoms with Gasteiger partial charge in [-0.15, -0.1) is 0 Å². The second-order valence-corrected chi connectivity index (χ2v) is 2.84. The lowest BCUT2D eigenvalue weighted by molar-refractivity contribution is -0.115. The standard InChI is InChI=1S/C7H8BrNO2/c1-5-2-6(9-11-5)3-7(10)4-8/h2H,3-4H2,1H3. The molecule has 0 aliphatic heterocycles. The maximum Gasteiger partial charge on any atom is 0.149 e. The smallest absolute Gasteiger partial charge is 0.149 e. The number of rotatable bonds is 3. The quantitative estimate of drug-likeness (QED) is 0.721. The number of carbonyl (C=O) groups excluding carboxylic acids is 1. The van der Waals surface area contributed by atoms with Crippen molar-refractivity contribution < 1.29 is 9.32 Å². The number of ketones is 1. The van der Waals surface area contributed by atoms with Gasteiger partial charge in [-0.25, -0.2) is 0 Å². The number of aromatic nitrogens is 1. The van der Waals surface area contributed by atoms with Gasteiger partial charge in [0.2, 0.25) is 0 Å². The van der Waals surface area contributed by atoms with Crippen LogP contribution in [0.1, 0.15) is 11.5 Å². The number of hydrogen-bond donors (Lipinski definition) is 0. The molecule has 3 nitrogen and oxygen atoms in total. The third kappa shape index (κ3) is 2.46. The summed E-state index contributed by atoms with van der Waals surface area (Å²) in [4.78, 5) is 10.9. The highest BCUT2D eigenvalue weighted by molar-refractivity contribution is 9.09. The summed E-state index contributed by atoms with van der Waals surface area (Å²) in [5.74, 6) is 0.848. The van der Waals surface area contributed by atoms with Crippen molar-refractivity contribution in [1.29, 1.82) is 0 Å². The van der Waals surface area contributed by atoms with Crippen molar-refractivity contribution in [2.45, 2.75) is 13.3 Å². The van der Waals surface area contributed by atoms with Crippen LogP contribution < -0.4 is 0 Å². The third-order valence-corrected chi connectivity index (χ3v) is 1.83. The molecule has 1 aromatic rings. The van der Waals surface area contributed by atoms with Crippen molar-refractivity contribution in [3.05, 3.63) is 17.5 Å². The van der Waals surface area contributed by atoms with Crippen LogP contribution >= 0.6 is 15.9 Å². The van der Waals surface area contributed by atoms with Crippen LogP contribution in [0.3, 0.4) is 0 Å². The molecule has 0 radical (unpaired) electrons. The Balaban J connectivity index is 2.57. The molecule has 1 aromatic heterocycles. The van der Waals surface area contributed by atoms with Gasteiger partial charge >= 0.3 is 0 Å². The second-order valence-electron chi connectivity index (χ2n) is 2.28. The van der Waals surface area contributed by atoms with Crippen molar-refractivity contribution in [3.63, 3.8) is 0 Å². The molecule has 0 amide bonds. The summed E-state index contributed by atoms with van der Waals surface area (Å²) < 4.78 is 4.79. The Morgan fingerprint density at radius 3 is 3.00 bits per heavy atom. The number of alkyl halides is 1. The van der Waals surface area contributed by atoms with Crippen molar-refractivity contribution in [3.8, 4) is 0 Å². The third-order valence-electron chi connectivity index (χ3n) is 1.20. The summed E-state index contributed by atoms with van der Waals surface area (Å²) in [6, 6.07) is 1.76. The maximum atomic E-state index is 10.9. The van der Waals surface area contributed by atoms with Crippen LogP contribution in [0, 0.1) is 6.92 Å². The number of hydrogen-bond acceptors (Lipinski definition) is 3. The summed E-state index contributed by atoms with van der Waals surface area (Å²) in [7, 11) is 0. The fourth-order valence-electron chi connectivity index (χ4n) is 0.751. The molecule has 0 atom stereocenters. The monoisotopic (exact) mass is 217 g/mol. The zero-order chi connectivity index (χ0) is 8.27. The first-order chi connectivity index (χ1) is 5.22. The molecule has 0 N–H and O–H groups in total. The lowest BCUT2D eigenvalue weighted by Gasteiger charge is -1.87. The van der Waals surface area contributed by atoms with E-state index in [0.29, 0.717) is 17.4 Å². The summed E-state index contributed by atoms with van der Waals surface area (Å²) in [5.41, 5.74) is 0.701. The Hall–Kier alpha value is -0.640. The van der Waals surface area contributed by atoms with Gasteiger partial charge < -0.3 is 4.52 Å². The van der Waals surface area contributed by atoms with E-state index in [2.05, 4.69) is 21.1 Å². The summed E-state index contributed by atoms with van der Waals surface area (Å²) in [6.45, 7) is 1.80. The first-order valence-corrected chi connectivity index (χ1v) is 4.34. The highest BCUT2D eigenvalue weighted by atomic mass is 79.9. The second kappa shape index (κ2) is 3.67. The molecule has 0 aliphatic carbocycles. The van der Waals surface area contributed by atoms with Crippen molar-refractivity contribution >= 4 is 21.7 Å². The number of halogens is 1. The molecule has 0 aliphatic rings. The average molecular weight is 218 g/mol. The van der Waals surface area contributed by atoms with Crippen molar-refractivity contribution in [1.82, 2.24) is 5.16 Å². The average Bonchev–Trinajstić information content (AvgIpc) is 2.35. The molecule has 0 aromatic carbocycles. The van der Waals surface area contributed by atoms with Gasteiger partial charge in [-0.3, -0.25) is 4.79 Å². The predicted molar refractivity (Wildman–Crippen MR) is 43.7 cm³/mol. The van der Waals surface area contributed by atoms with Crippen LogP contribution in [0.5, 0.6) is 0 Å². The van der Waals surface area contributed by atoms with Crippen molar-refractivity contribution in [2.75, 3.05) is 5.33 Å². The van der Waals surface area contributed by atoms with Gasteiger partial charge in [0.15, 0.2) is 0 Å². The molecule has 0 unspecified atom stereocenters. The van der Waals surface area contributed by atoms with E-state index in [4.69, 9.17) is 4.52 Å². The Kier molecular flexibility index (Phi) is 2.82. The fourth-order valence-corrected chi connectivity index (χ4v) is 0.949. The molecule has 0 spiro atoms. The fraction of sp³-hybridized carbons (Fsp3) is 0.429. The molecule has 0 bridgehead atoms. The molecule has 0 saturated heterocycles. The number of Topliss-reactive ketones (excluding diaryl/α,β-unsaturated/α-hetero) is 1. The minimum Gasteiger partial charge on any atom is -0.361 e. The van der Waals surface area contributed by atoms with Gasteiger partial charge in [-0.2, -0.15) is 0 Å². The normalized spacial score (nSPS) is 10.0. The van der Waals surface area contributed by atoms with Gasteiger partial charge in [0, 0.05) is 6.07 Å². The van der Waals surface area contributed by atoms with Gasteiger partial charge in [-0.1, -0.05) is 21.1 Å². The van der Waals surface area contributed by atoms with E-state index in [9.17, 15) is 4.79 Å². The predicted octanol–water partition coefficient (Wildman–Crippen LogP) is 1.49. The Morgan fingerprint density at radius 2 is 2.55 bits per heavy atom. The Labute approximate surface area is 72.9 Å². The van der Waals surface area contributed by atoms with Gasteiger partial charge in [0.25, 0.3) is 0 Å². The largest absolute Gasteiger partial charge is 0.361 e. The SMILES string of the molecule is Cc1cc(CC(=O)CBr)no1. The van der Waals surface area contributed by atoms with E-state index < -0.39 is 0 Å². The molecule has 60 valence electrons. The lowest BCUT2D eigenvalue weighted by atomic mass is 10.2. The van der Waals surface area contributed by atoms with E-state index in [1.54, 1.807) is 13.0 Å². The van der Waals surface area contributed by atoms with Crippen LogP contribution in [-0.2, 0) is 11.2 Å². The van der Waals surface area contributed by atoms with Gasteiger partial charge in [0.05, 0.1) is 17.4 Å². The molecular formula is C7H8BrNO2. The first kappa shape index (κ1) is 8.46. The lowest BCUT2D eigenvalue weighted by Crippen LogP contribution is -2.03. The van der Waals surface area contributed by atoms with Crippen LogP contribution in [0.4, 0.5) is 0 Å². The minimum atomic E-state index is 0.110. The molecule has 11 heavy (non-hydrogen) atoms. The summed E-state index contributed by atoms with van der Waals surface area (Å²) in [5, 5.41) is 4.06. The number of aryl methyl sites for hydroxylation is 1. The van der Waals surface area contributed by atoms with Crippen LogP contribution in [0.15, 0.2) is 10.6 Å². The van der Waals surface area contributed by atoms with E-state index in [0.717, 1.165) is 5.76 Å². The number of nitrogens with zero attached hydrogens (tertiary/aromatic N) is 1. The molecule has 4 heteroatoms. The van der Waals surface area contributed by atoms with E-state index in [1.807, 2.05) is 0 Å². The maximum absolute atomic E-state index is 10.9. The first-order valence-electron chi connectivity index (χ1n) is 3.22. The number of carbonyl (C=O) groups is 1. The summed E-state index contributed by atoms with van der Waals surface area (Å²) in [6.07, 6.45) is 0.350. The van der Waals surface area contributed by atoms with Crippen LogP contribution in [0.2, 0.25) is 0 Å². The molecule has 1 rings (SSSR count). The van der Waals surface area contributed by atoms with Gasteiger partial charge in [0.1, 0.15) is 11.5 Å². The molecule has 1 heterocycles. The van der Waals surface area contributed by atoms with E-state index in [-0.39, 0.29) is 5.78 Å². The van der Waals surface area contributed by atoms with Crippen LogP contribution in [-0.4, -0.2) is 16.3 Å².